The van der Waals surface area contributed by atoms with E-state index in [0.717, 1.165) is 13.1 Å². The average molecular weight is 265 g/mol. The molecule has 0 fully saturated rings. The van der Waals surface area contributed by atoms with Crippen molar-refractivity contribution in [2.45, 2.75) is 39.8 Å². The van der Waals surface area contributed by atoms with Crippen LogP contribution in [0.4, 0.5) is 0 Å². The second-order valence-corrected chi connectivity index (χ2v) is 5.93. The van der Waals surface area contributed by atoms with Gasteiger partial charge >= 0.3 is 0 Å². The Morgan fingerprint density at radius 1 is 1.15 bits per heavy atom. The number of likely N-dealkylation sites (N-methyl/N-ethyl adjacent to an activating group) is 1. The van der Waals surface area contributed by atoms with Gasteiger partial charge in [-0.15, -0.1) is 0 Å². The summed E-state index contributed by atoms with van der Waals surface area (Å²) in [5.74, 6) is 0. The molecule has 1 atom stereocenters. The van der Waals surface area contributed by atoms with Gasteiger partial charge in [-0.1, -0.05) is 55.0 Å². The summed E-state index contributed by atoms with van der Waals surface area (Å²) in [4.78, 5) is 2.57. The summed E-state index contributed by atoms with van der Waals surface area (Å²) in [5, 5.41) is 0. The van der Waals surface area contributed by atoms with Crippen molar-refractivity contribution >= 4 is 0 Å². The van der Waals surface area contributed by atoms with E-state index in [0.29, 0.717) is 6.04 Å². The maximum Gasteiger partial charge on any atom is 0.0245 e. The lowest BCUT2D eigenvalue weighted by Gasteiger charge is -2.35. The SMILES string of the molecule is CCN1Cc2c(cc(C)cc2-c2ccccc2)CC1C. The van der Waals surface area contributed by atoms with Gasteiger partial charge in [0, 0.05) is 12.6 Å². The molecule has 0 radical (unpaired) electrons. The van der Waals surface area contributed by atoms with Crippen LogP contribution in [0.5, 0.6) is 0 Å². The molecule has 104 valence electrons. The standard InChI is InChI=1S/C19H23N/c1-4-20-13-19-17(12-15(20)3)10-14(2)11-18(19)16-8-6-5-7-9-16/h5-11,15H,4,12-13H2,1-3H3. The molecule has 1 unspecified atom stereocenters. The van der Waals surface area contributed by atoms with Crippen LogP contribution >= 0.6 is 0 Å². The van der Waals surface area contributed by atoms with Gasteiger partial charge in [0.1, 0.15) is 0 Å². The molecule has 1 aliphatic rings. The maximum atomic E-state index is 2.57. The number of hydrogen-bond donors (Lipinski definition) is 0. The molecular weight excluding hydrogens is 242 g/mol. The van der Waals surface area contributed by atoms with Gasteiger partial charge < -0.3 is 0 Å². The van der Waals surface area contributed by atoms with Gasteiger partial charge in [0.2, 0.25) is 0 Å². The summed E-state index contributed by atoms with van der Waals surface area (Å²) in [6, 6.07) is 16.2. The minimum absolute atomic E-state index is 0.651. The average Bonchev–Trinajstić information content (AvgIpc) is 2.46. The second-order valence-electron chi connectivity index (χ2n) is 5.93. The van der Waals surface area contributed by atoms with E-state index in [2.05, 4.69) is 68.1 Å². The molecule has 0 aliphatic carbocycles. The number of aryl methyl sites for hydroxylation is 1. The lowest BCUT2D eigenvalue weighted by molar-refractivity contribution is 0.195. The van der Waals surface area contributed by atoms with Crippen molar-refractivity contribution in [3.05, 3.63) is 59.2 Å². The molecule has 1 aliphatic heterocycles. The fourth-order valence-corrected chi connectivity index (χ4v) is 3.37. The monoisotopic (exact) mass is 265 g/mol. The van der Waals surface area contributed by atoms with Crippen LogP contribution in [-0.2, 0) is 13.0 Å². The van der Waals surface area contributed by atoms with Crippen LogP contribution in [-0.4, -0.2) is 17.5 Å². The Hall–Kier alpha value is -1.60. The Morgan fingerprint density at radius 2 is 1.90 bits per heavy atom. The fourth-order valence-electron chi connectivity index (χ4n) is 3.37. The molecule has 0 aromatic heterocycles. The molecule has 3 rings (SSSR count). The van der Waals surface area contributed by atoms with Crippen molar-refractivity contribution < 1.29 is 0 Å². The van der Waals surface area contributed by atoms with Crippen molar-refractivity contribution in [2.75, 3.05) is 6.54 Å². The third-order valence-electron chi connectivity index (χ3n) is 4.48. The molecule has 1 heterocycles. The lowest BCUT2D eigenvalue weighted by atomic mass is 9.87. The highest BCUT2D eigenvalue weighted by Crippen LogP contribution is 2.33. The highest BCUT2D eigenvalue weighted by molar-refractivity contribution is 5.70. The van der Waals surface area contributed by atoms with Crippen molar-refractivity contribution in [3.63, 3.8) is 0 Å². The topological polar surface area (TPSA) is 3.24 Å². The first-order chi connectivity index (χ1) is 9.69. The van der Waals surface area contributed by atoms with Crippen molar-refractivity contribution in [2.24, 2.45) is 0 Å². The Kier molecular flexibility index (Phi) is 3.62. The van der Waals surface area contributed by atoms with Crippen LogP contribution in [0, 0.1) is 6.92 Å². The van der Waals surface area contributed by atoms with E-state index in [1.54, 1.807) is 5.56 Å². The highest BCUT2D eigenvalue weighted by Gasteiger charge is 2.24. The molecule has 20 heavy (non-hydrogen) atoms. The first-order valence-electron chi connectivity index (χ1n) is 7.61. The first kappa shape index (κ1) is 13.4. The number of benzene rings is 2. The number of rotatable bonds is 2. The predicted molar refractivity (Wildman–Crippen MR) is 85.9 cm³/mol. The zero-order valence-electron chi connectivity index (χ0n) is 12.7. The van der Waals surface area contributed by atoms with E-state index in [-0.39, 0.29) is 0 Å². The Bertz CT molecular complexity index is 601. The minimum atomic E-state index is 0.651. The summed E-state index contributed by atoms with van der Waals surface area (Å²) in [5.41, 5.74) is 7.21. The van der Waals surface area contributed by atoms with E-state index < -0.39 is 0 Å². The summed E-state index contributed by atoms with van der Waals surface area (Å²) >= 11 is 0. The minimum Gasteiger partial charge on any atom is -0.296 e. The maximum absolute atomic E-state index is 2.57. The summed E-state index contributed by atoms with van der Waals surface area (Å²) < 4.78 is 0. The molecule has 2 aromatic carbocycles. The fraction of sp³-hybridized carbons (Fsp3) is 0.368. The second kappa shape index (κ2) is 5.41. The van der Waals surface area contributed by atoms with Gasteiger partial charge in [-0.05, 0) is 49.1 Å². The van der Waals surface area contributed by atoms with Gasteiger partial charge in [-0.25, -0.2) is 0 Å². The molecule has 0 saturated carbocycles. The van der Waals surface area contributed by atoms with Gasteiger partial charge in [0.25, 0.3) is 0 Å². The van der Waals surface area contributed by atoms with E-state index >= 15 is 0 Å². The van der Waals surface area contributed by atoms with Crippen LogP contribution < -0.4 is 0 Å². The van der Waals surface area contributed by atoms with E-state index in [1.165, 1.54) is 28.7 Å². The highest BCUT2D eigenvalue weighted by atomic mass is 15.1. The summed E-state index contributed by atoms with van der Waals surface area (Å²) in [6.45, 7) is 9.03. The van der Waals surface area contributed by atoms with Crippen LogP contribution in [0.2, 0.25) is 0 Å². The zero-order valence-corrected chi connectivity index (χ0v) is 12.7. The van der Waals surface area contributed by atoms with Gasteiger partial charge in [-0.3, -0.25) is 4.90 Å². The van der Waals surface area contributed by atoms with E-state index in [1.807, 2.05) is 0 Å². The molecular formula is C19H23N. The molecule has 0 bridgehead atoms. The number of fused-ring (bicyclic) bond motifs is 1. The predicted octanol–water partition coefficient (Wildman–Crippen LogP) is 4.43. The Morgan fingerprint density at radius 3 is 2.60 bits per heavy atom. The third-order valence-corrected chi connectivity index (χ3v) is 4.48. The van der Waals surface area contributed by atoms with Crippen molar-refractivity contribution in [1.29, 1.82) is 0 Å². The lowest BCUT2D eigenvalue weighted by Crippen LogP contribution is -2.38. The quantitative estimate of drug-likeness (QED) is 0.776. The first-order valence-corrected chi connectivity index (χ1v) is 7.61. The Labute approximate surface area is 122 Å². The largest absolute Gasteiger partial charge is 0.296 e. The molecule has 1 nitrogen and oxygen atoms in total. The third kappa shape index (κ3) is 2.38. The Balaban J connectivity index is 2.13. The van der Waals surface area contributed by atoms with E-state index in [9.17, 15) is 0 Å². The number of nitrogens with zero attached hydrogens (tertiary/aromatic N) is 1. The molecule has 1 heteroatoms. The summed E-state index contributed by atoms with van der Waals surface area (Å²) in [7, 11) is 0. The van der Waals surface area contributed by atoms with Crippen molar-refractivity contribution in [1.82, 2.24) is 4.90 Å². The summed E-state index contributed by atoms with van der Waals surface area (Å²) in [6.07, 6.45) is 1.17. The van der Waals surface area contributed by atoms with Gasteiger partial charge in [0.15, 0.2) is 0 Å². The van der Waals surface area contributed by atoms with Crippen LogP contribution in [0.25, 0.3) is 11.1 Å². The van der Waals surface area contributed by atoms with E-state index in [4.69, 9.17) is 0 Å². The molecule has 2 aromatic rings. The van der Waals surface area contributed by atoms with Crippen LogP contribution in [0.15, 0.2) is 42.5 Å². The molecule has 0 spiro atoms. The van der Waals surface area contributed by atoms with Crippen LogP contribution in [0.3, 0.4) is 0 Å². The molecule has 0 saturated heterocycles. The van der Waals surface area contributed by atoms with Gasteiger partial charge in [0.05, 0.1) is 0 Å². The number of hydrogen-bond acceptors (Lipinski definition) is 1. The molecule has 0 N–H and O–H groups in total. The molecule has 0 amide bonds. The smallest absolute Gasteiger partial charge is 0.0245 e. The van der Waals surface area contributed by atoms with Crippen molar-refractivity contribution in [3.8, 4) is 11.1 Å². The van der Waals surface area contributed by atoms with Gasteiger partial charge in [-0.2, -0.15) is 0 Å². The van der Waals surface area contributed by atoms with Crippen LogP contribution in [0.1, 0.15) is 30.5 Å². The zero-order chi connectivity index (χ0) is 14.1. The normalized spacial score (nSPS) is 18.9.